The number of aldehydes is 1. The topological polar surface area (TPSA) is 322 Å². The molecule has 21 heteroatoms. The second kappa shape index (κ2) is 29.7. The van der Waals surface area contributed by atoms with Gasteiger partial charge >= 0.3 is 17.9 Å². The minimum atomic E-state index is -1.38. The molecule has 66 heavy (non-hydrogen) atoms. The molecule has 0 bridgehead atoms. The van der Waals surface area contributed by atoms with E-state index in [2.05, 4.69) is 31.9 Å². The van der Waals surface area contributed by atoms with Gasteiger partial charge in [0.2, 0.25) is 23.6 Å². The molecule has 0 heterocycles. The normalized spacial score (nSPS) is 16.8. The molecule has 0 aromatic rings. The first-order valence-corrected chi connectivity index (χ1v) is 22.7. The van der Waals surface area contributed by atoms with Gasteiger partial charge in [-0.15, -0.1) is 0 Å². The van der Waals surface area contributed by atoms with Crippen molar-refractivity contribution in [2.24, 2.45) is 28.6 Å². The van der Waals surface area contributed by atoms with E-state index >= 15 is 0 Å². The molecule has 4 amide bonds. The van der Waals surface area contributed by atoms with Crippen LogP contribution in [0.15, 0.2) is 0 Å². The number of nitrogens with one attached hydrogen (secondary N) is 6. The number of carbonyl (C=O) groups excluding carboxylic acids is 7. The molecule has 1 rings (SSSR count). The van der Waals surface area contributed by atoms with E-state index in [1.54, 1.807) is 20.8 Å². The lowest BCUT2D eigenvalue weighted by Crippen LogP contribution is -2.52. The molecule has 0 spiro atoms. The number of rotatable bonds is 36. The summed E-state index contributed by atoms with van der Waals surface area (Å²) in [5.74, 6) is -6.77. The predicted octanol–water partition coefficient (Wildman–Crippen LogP) is 0.996. The maximum absolute atomic E-state index is 13.3. The molecule has 1 aliphatic carbocycles. The van der Waals surface area contributed by atoms with Gasteiger partial charge in [-0.2, -0.15) is 0 Å². The fraction of sp³-hybridized carbons (Fsp3) is 0.778. The van der Waals surface area contributed by atoms with Crippen LogP contribution in [-0.4, -0.2) is 151 Å². The molecule has 3 atom stereocenters. The number of aliphatic carboxylic acids is 3. The highest BCUT2D eigenvalue weighted by atomic mass is 16.5. The Morgan fingerprint density at radius 3 is 1.94 bits per heavy atom. The molecule has 0 radical (unpaired) electrons. The van der Waals surface area contributed by atoms with E-state index in [0.29, 0.717) is 51.5 Å². The summed E-state index contributed by atoms with van der Waals surface area (Å²) in [5, 5.41) is 44.6. The molecular formula is C45H76N6O15. The maximum atomic E-state index is 13.3. The number of ether oxygens (including phenoxy) is 2. The van der Waals surface area contributed by atoms with E-state index in [4.69, 9.17) is 9.47 Å². The SMILES string of the molecule is CC(CNCCOCCOCC(=O)C(C)(C)NCC(=O)NCC=O)C(=O)C(CCC(=O)O)NC(=O)CCC(NC(=O)C1CCC(CNC(=O)CC(C)(C)CC(C)(C)CC(=O)O)CC1)C(=O)O. The number of ketones is 2. The van der Waals surface area contributed by atoms with E-state index in [1.807, 2.05) is 27.7 Å². The molecule has 21 nitrogen and oxygen atoms in total. The van der Waals surface area contributed by atoms with Crippen LogP contribution in [0.2, 0.25) is 0 Å². The van der Waals surface area contributed by atoms with Crippen LogP contribution in [0.25, 0.3) is 0 Å². The van der Waals surface area contributed by atoms with Gasteiger partial charge in [0, 0.05) is 50.7 Å². The summed E-state index contributed by atoms with van der Waals surface area (Å²) in [7, 11) is 0. The monoisotopic (exact) mass is 941 g/mol. The van der Waals surface area contributed by atoms with Crippen molar-refractivity contribution in [3.8, 4) is 0 Å². The zero-order valence-corrected chi connectivity index (χ0v) is 39.8. The number of Topliss-reactive ketones (excluding diaryl/α,β-unsaturated/α-hetero) is 2. The molecule has 0 aromatic carbocycles. The Morgan fingerprint density at radius 2 is 1.33 bits per heavy atom. The third kappa shape index (κ3) is 25.7. The third-order valence-corrected chi connectivity index (χ3v) is 11.4. The van der Waals surface area contributed by atoms with E-state index in [0.717, 1.165) is 0 Å². The summed E-state index contributed by atoms with van der Waals surface area (Å²) < 4.78 is 10.9. The second-order valence-corrected chi connectivity index (χ2v) is 19.3. The smallest absolute Gasteiger partial charge is 0.326 e. The Hall–Kier alpha value is -4.86. The van der Waals surface area contributed by atoms with Gasteiger partial charge in [0.25, 0.3) is 0 Å². The number of amides is 4. The van der Waals surface area contributed by atoms with Crippen molar-refractivity contribution >= 4 is 59.4 Å². The van der Waals surface area contributed by atoms with E-state index < -0.39 is 88.1 Å². The highest BCUT2D eigenvalue weighted by Crippen LogP contribution is 2.38. The van der Waals surface area contributed by atoms with Gasteiger partial charge < -0.3 is 56.2 Å². The van der Waals surface area contributed by atoms with Crippen LogP contribution >= 0.6 is 0 Å². The molecule has 0 aliphatic heterocycles. The van der Waals surface area contributed by atoms with Crippen molar-refractivity contribution in [1.29, 1.82) is 0 Å². The van der Waals surface area contributed by atoms with Crippen LogP contribution in [0.5, 0.6) is 0 Å². The minimum absolute atomic E-state index is 0.00133. The minimum Gasteiger partial charge on any atom is -0.481 e. The van der Waals surface area contributed by atoms with Gasteiger partial charge in [-0.05, 0) is 75.5 Å². The van der Waals surface area contributed by atoms with E-state index in [9.17, 15) is 63.3 Å². The summed E-state index contributed by atoms with van der Waals surface area (Å²) >= 11 is 0. The summed E-state index contributed by atoms with van der Waals surface area (Å²) in [6, 6.07) is -2.53. The maximum Gasteiger partial charge on any atom is 0.326 e. The molecular weight excluding hydrogens is 865 g/mol. The van der Waals surface area contributed by atoms with Crippen LogP contribution in [0.4, 0.5) is 0 Å². The van der Waals surface area contributed by atoms with Crippen LogP contribution in [0, 0.1) is 28.6 Å². The van der Waals surface area contributed by atoms with Gasteiger partial charge in [0.1, 0.15) is 18.9 Å². The van der Waals surface area contributed by atoms with E-state index in [1.165, 1.54) is 0 Å². The first-order valence-electron chi connectivity index (χ1n) is 22.7. The standard InChI is InChI=1S/C45H76N6O15/c1-29(24-46-17-19-65-20-21-66-27-34(53)45(6,7)49-26-37(56)47-16-18-52)40(61)32(13-15-38(57)58)50-35(54)14-12-33(42(63)64)51-41(62)31-10-8-30(9-11-31)25-48-36(55)22-43(2,3)28-44(4,5)23-39(59)60/h18,29-33,46,49H,8-17,19-28H2,1-7H3,(H,47,56)(H,48,55)(H,50,54)(H,51,62)(H,57,58)(H,59,60)(H,63,64). The molecule has 0 saturated heterocycles. The van der Waals surface area contributed by atoms with Crippen molar-refractivity contribution in [2.75, 3.05) is 59.2 Å². The molecule has 1 saturated carbocycles. The van der Waals surface area contributed by atoms with Crippen molar-refractivity contribution in [3.05, 3.63) is 0 Å². The van der Waals surface area contributed by atoms with Gasteiger partial charge in [-0.25, -0.2) is 4.79 Å². The summed E-state index contributed by atoms with van der Waals surface area (Å²) in [6.07, 6.45) is 2.37. The molecule has 0 aromatic heterocycles. The predicted molar refractivity (Wildman–Crippen MR) is 240 cm³/mol. The highest BCUT2D eigenvalue weighted by molar-refractivity contribution is 5.92. The Labute approximate surface area is 387 Å². The zero-order chi connectivity index (χ0) is 50.1. The summed E-state index contributed by atoms with van der Waals surface area (Å²) in [4.78, 5) is 121. The molecule has 376 valence electrons. The zero-order valence-electron chi connectivity index (χ0n) is 39.8. The van der Waals surface area contributed by atoms with Crippen molar-refractivity contribution in [2.45, 2.75) is 137 Å². The first-order chi connectivity index (χ1) is 30.8. The first kappa shape index (κ1) is 59.2. The lowest BCUT2D eigenvalue weighted by atomic mass is 9.71. The largest absolute Gasteiger partial charge is 0.481 e. The van der Waals surface area contributed by atoms with Gasteiger partial charge in [0.05, 0.1) is 50.9 Å². The van der Waals surface area contributed by atoms with Gasteiger partial charge in [0.15, 0.2) is 11.6 Å². The van der Waals surface area contributed by atoms with Crippen molar-refractivity contribution in [1.82, 2.24) is 31.9 Å². The lowest BCUT2D eigenvalue weighted by molar-refractivity contribution is -0.143. The van der Waals surface area contributed by atoms with Crippen LogP contribution in [0.3, 0.4) is 0 Å². The number of carbonyl (C=O) groups is 10. The van der Waals surface area contributed by atoms with Gasteiger partial charge in [-0.1, -0.05) is 34.6 Å². The van der Waals surface area contributed by atoms with Gasteiger partial charge in [-0.3, -0.25) is 43.7 Å². The highest BCUT2D eigenvalue weighted by Gasteiger charge is 2.34. The number of hydrogen-bond donors (Lipinski definition) is 9. The van der Waals surface area contributed by atoms with Crippen LogP contribution < -0.4 is 31.9 Å². The Balaban J connectivity index is 2.50. The fourth-order valence-electron chi connectivity index (χ4n) is 7.95. The summed E-state index contributed by atoms with van der Waals surface area (Å²) in [5.41, 5.74) is -1.93. The Kier molecular flexibility index (Phi) is 26.6. The molecule has 3 unspecified atom stereocenters. The number of hydrogen-bond acceptors (Lipinski definition) is 14. The molecule has 9 N–H and O–H groups in total. The average molecular weight is 941 g/mol. The Bertz CT molecular complexity index is 1640. The van der Waals surface area contributed by atoms with Crippen LogP contribution in [-0.2, 0) is 57.4 Å². The molecule has 1 aliphatic rings. The molecule has 1 fully saturated rings. The fourth-order valence-corrected chi connectivity index (χ4v) is 7.95. The Morgan fingerprint density at radius 1 is 0.712 bits per heavy atom. The van der Waals surface area contributed by atoms with Crippen molar-refractivity contribution in [3.63, 3.8) is 0 Å². The van der Waals surface area contributed by atoms with Crippen molar-refractivity contribution < 1.29 is 72.7 Å². The summed E-state index contributed by atoms with van der Waals surface area (Å²) in [6.45, 7) is 13.4. The van der Waals surface area contributed by atoms with Crippen LogP contribution in [0.1, 0.15) is 119 Å². The third-order valence-electron chi connectivity index (χ3n) is 11.4. The number of carboxylic acids is 3. The second-order valence-electron chi connectivity index (χ2n) is 19.3. The lowest BCUT2D eigenvalue weighted by Gasteiger charge is -2.34. The average Bonchev–Trinajstić information content (AvgIpc) is 3.21. The quantitative estimate of drug-likeness (QED) is 0.0313. The number of carboxylic acid groups (broad SMARTS) is 3. The van der Waals surface area contributed by atoms with E-state index in [-0.39, 0.29) is 95.8 Å².